The topological polar surface area (TPSA) is 71.9 Å². The predicted molar refractivity (Wildman–Crippen MR) is 111 cm³/mol. The van der Waals surface area contributed by atoms with E-state index in [0.717, 1.165) is 27.3 Å². The average molecular weight is 405 g/mol. The van der Waals surface area contributed by atoms with Gasteiger partial charge >= 0.3 is 0 Å². The number of aryl methyl sites for hydroxylation is 1. The lowest BCUT2D eigenvalue weighted by atomic mass is 10.1. The van der Waals surface area contributed by atoms with Crippen LogP contribution in [-0.2, 0) is 16.1 Å². The summed E-state index contributed by atoms with van der Waals surface area (Å²) in [6.07, 6.45) is 0. The molecular formula is C21H27ClN3O3+. The van der Waals surface area contributed by atoms with Crippen LogP contribution in [0.4, 0.5) is 5.69 Å². The molecule has 28 heavy (non-hydrogen) atoms. The predicted octanol–water partition coefficient (Wildman–Crippen LogP) is 1.74. The number of ether oxygens (including phenoxy) is 1. The van der Waals surface area contributed by atoms with Gasteiger partial charge in [-0.3, -0.25) is 9.59 Å². The molecule has 1 atom stereocenters. The third-order valence-electron chi connectivity index (χ3n) is 4.38. The second kappa shape index (κ2) is 10.1. The van der Waals surface area contributed by atoms with Gasteiger partial charge < -0.3 is 20.3 Å². The molecule has 0 heterocycles. The Labute approximate surface area is 170 Å². The van der Waals surface area contributed by atoms with Crippen molar-refractivity contribution in [2.75, 3.05) is 32.6 Å². The molecule has 0 aliphatic rings. The summed E-state index contributed by atoms with van der Waals surface area (Å²) in [7, 11) is 3.56. The molecule has 2 amide bonds. The van der Waals surface area contributed by atoms with Crippen LogP contribution < -0.4 is 20.3 Å². The normalized spacial score (nSPS) is 11.6. The summed E-state index contributed by atoms with van der Waals surface area (Å²) >= 11 is 6.05. The average Bonchev–Trinajstić information content (AvgIpc) is 2.64. The van der Waals surface area contributed by atoms with Crippen LogP contribution in [0.1, 0.15) is 16.7 Å². The Morgan fingerprint density at radius 1 is 1.14 bits per heavy atom. The first-order valence-corrected chi connectivity index (χ1v) is 9.44. The van der Waals surface area contributed by atoms with Gasteiger partial charge in [0.05, 0.1) is 20.7 Å². The first-order valence-electron chi connectivity index (χ1n) is 9.06. The minimum Gasteiger partial charge on any atom is -0.496 e. The van der Waals surface area contributed by atoms with Crippen molar-refractivity contribution >= 4 is 29.1 Å². The number of amides is 2. The molecule has 0 bridgehead atoms. The number of likely N-dealkylation sites (N-methyl/N-ethyl adjacent to an activating group) is 1. The molecule has 0 fully saturated rings. The molecule has 0 saturated carbocycles. The number of hydrogen-bond acceptors (Lipinski definition) is 3. The lowest BCUT2D eigenvalue weighted by molar-refractivity contribution is -0.885. The van der Waals surface area contributed by atoms with Crippen LogP contribution in [0.2, 0.25) is 5.02 Å². The smallest absolute Gasteiger partial charge is 0.275 e. The Morgan fingerprint density at radius 3 is 2.61 bits per heavy atom. The van der Waals surface area contributed by atoms with Crippen molar-refractivity contribution < 1.29 is 19.2 Å². The van der Waals surface area contributed by atoms with Crippen molar-refractivity contribution in [1.82, 2.24) is 5.32 Å². The Hall–Kier alpha value is -2.57. The zero-order valence-corrected chi connectivity index (χ0v) is 17.4. The van der Waals surface area contributed by atoms with Gasteiger partial charge in [-0.05, 0) is 43.7 Å². The fourth-order valence-corrected chi connectivity index (χ4v) is 3.06. The maximum absolute atomic E-state index is 12.2. The third kappa shape index (κ3) is 6.25. The van der Waals surface area contributed by atoms with Crippen LogP contribution in [0, 0.1) is 13.8 Å². The quantitative estimate of drug-likeness (QED) is 0.627. The van der Waals surface area contributed by atoms with Crippen LogP contribution in [0.15, 0.2) is 36.4 Å². The number of hydrogen-bond donors (Lipinski definition) is 3. The van der Waals surface area contributed by atoms with Crippen molar-refractivity contribution in [3.05, 3.63) is 58.1 Å². The van der Waals surface area contributed by atoms with Crippen molar-refractivity contribution in [1.29, 1.82) is 0 Å². The van der Waals surface area contributed by atoms with E-state index < -0.39 is 0 Å². The maximum Gasteiger partial charge on any atom is 0.275 e. The molecule has 7 heteroatoms. The second-order valence-corrected chi connectivity index (χ2v) is 7.27. The standard InChI is InChI=1S/C21H26ClN3O3/c1-14-8-9-19(28-4)16(10-14)12-25(3)13-21(27)23-11-20(26)24-18-7-5-6-17(22)15(18)2/h5-10H,11-13H2,1-4H3,(H,23,27)(H,24,26)/p+1. The summed E-state index contributed by atoms with van der Waals surface area (Å²) in [4.78, 5) is 25.3. The maximum atomic E-state index is 12.2. The summed E-state index contributed by atoms with van der Waals surface area (Å²) in [6, 6.07) is 11.3. The van der Waals surface area contributed by atoms with Crippen LogP contribution in [0.5, 0.6) is 5.75 Å². The summed E-state index contributed by atoms with van der Waals surface area (Å²) in [5, 5.41) is 6.00. The number of methoxy groups -OCH3 is 1. The van der Waals surface area contributed by atoms with E-state index in [1.807, 2.05) is 33.0 Å². The molecule has 150 valence electrons. The summed E-state index contributed by atoms with van der Waals surface area (Å²) in [5.41, 5.74) is 3.61. The van der Waals surface area contributed by atoms with E-state index in [-0.39, 0.29) is 24.9 Å². The fourth-order valence-electron chi connectivity index (χ4n) is 2.89. The number of carbonyl (C=O) groups excluding carboxylic acids is 2. The first-order chi connectivity index (χ1) is 13.3. The molecule has 0 aliphatic carbocycles. The minimum absolute atomic E-state index is 0.0914. The van der Waals surface area contributed by atoms with Gasteiger partial charge in [-0.1, -0.05) is 29.3 Å². The molecule has 0 aromatic heterocycles. The van der Waals surface area contributed by atoms with Gasteiger partial charge in [-0.15, -0.1) is 0 Å². The van der Waals surface area contributed by atoms with Crippen LogP contribution in [0.3, 0.4) is 0 Å². The SMILES string of the molecule is COc1ccc(C)cc1C[NH+](C)CC(=O)NCC(=O)Nc1cccc(Cl)c1C. The lowest BCUT2D eigenvalue weighted by Gasteiger charge is -2.16. The van der Waals surface area contributed by atoms with Gasteiger partial charge in [-0.2, -0.15) is 0 Å². The van der Waals surface area contributed by atoms with Gasteiger partial charge in [0.1, 0.15) is 12.3 Å². The van der Waals surface area contributed by atoms with Gasteiger partial charge in [-0.25, -0.2) is 0 Å². The van der Waals surface area contributed by atoms with Gasteiger partial charge in [0, 0.05) is 16.3 Å². The molecule has 2 aromatic rings. The number of quaternary nitrogens is 1. The minimum atomic E-state index is -0.295. The molecule has 0 radical (unpaired) electrons. The first kappa shape index (κ1) is 21.7. The highest BCUT2D eigenvalue weighted by atomic mass is 35.5. The highest BCUT2D eigenvalue weighted by Gasteiger charge is 2.15. The fraction of sp³-hybridized carbons (Fsp3) is 0.333. The van der Waals surface area contributed by atoms with E-state index in [9.17, 15) is 9.59 Å². The van der Waals surface area contributed by atoms with Crippen molar-refractivity contribution in [2.45, 2.75) is 20.4 Å². The molecule has 0 spiro atoms. The van der Waals surface area contributed by atoms with E-state index in [1.165, 1.54) is 0 Å². The summed E-state index contributed by atoms with van der Waals surface area (Å²) < 4.78 is 5.38. The van der Waals surface area contributed by atoms with Crippen molar-refractivity contribution in [3.8, 4) is 5.75 Å². The van der Waals surface area contributed by atoms with E-state index in [2.05, 4.69) is 16.7 Å². The van der Waals surface area contributed by atoms with Crippen LogP contribution in [-0.4, -0.2) is 39.1 Å². The summed E-state index contributed by atoms with van der Waals surface area (Å²) in [6.45, 7) is 4.65. The van der Waals surface area contributed by atoms with Crippen molar-refractivity contribution in [3.63, 3.8) is 0 Å². The van der Waals surface area contributed by atoms with E-state index in [0.29, 0.717) is 17.3 Å². The van der Waals surface area contributed by atoms with Gasteiger partial charge in [0.2, 0.25) is 5.91 Å². The number of benzene rings is 2. The van der Waals surface area contributed by atoms with Crippen LogP contribution >= 0.6 is 11.6 Å². The van der Waals surface area contributed by atoms with E-state index in [1.54, 1.807) is 25.3 Å². The summed E-state index contributed by atoms with van der Waals surface area (Å²) in [5.74, 6) is 0.320. The lowest BCUT2D eigenvalue weighted by Crippen LogP contribution is -3.08. The third-order valence-corrected chi connectivity index (χ3v) is 4.79. The molecule has 0 aliphatic heterocycles. The highest BCUT2D eigenvalue weighted by Crippen LogP contribution is 2.22. The van der Waals surface area contributed by atoms with Crippen molar-refractivity contribution in [2.24, 2.45) is 0 Å². The number of nitrogens with one attached hydrogen (secondary N) is 3. The largest absolute Gasteiger partial charge is 0.496 e. The molecule has 2 aromatic carbocycles. The molecule has 0 saturated heterocycles. The molecule has 3 N–H and O–H groups in total. The molecule has 1 unspecified atom stereocenters. The van der Waals surface area contributed by atoms with Gasteiger partial charge in [0.25, 0.3) is 5.91 Å². The van der Waals surface area contributed by atoms with E-state index in [4.69, 9.17) is 16.3 Å². The molecule has 2 rings (SSSR count). The molecule has 6 nitrogen and oxygen atoms in total. The highest BCUT2D eigenvalue weighted by molar-refractivity contribution is 6.31. The zero-order chi connectivity index (χ0) is 20.7. The number of carbonyl (C=O) groups is 2. The van der Waals surface area contributed by atoms with Crippen LogP contribution in [0.25, 0.3) is 0 Å². The Morgan fingerprint density at radius 2 is 1.89 bits per heavy atom. The zero-order valence-electron chi connectivity index (χ0n) is 16.7. The monoisotopic (exact) mass is 404 g/mol. The Kier molecular flexibility index (Phi) is 7.84. The number of anilines is 1. The van der Waals surface area contributed by atoms with Gasteiger partial charge in [0.15, 0.2) is 6.54 Å². The molecular weight excluding hydrogens is 378 g/mol. The van der Waals surface area contributed by atoms with E-state index >= 15 is 0 Å². The number of rotatable bonds is 8. The number of halogens is 1. The Bertz CT molecular complexity index is 855. The Balaban J connectivity index is 1.82. The second-order valence-electron chi connectivity index (χ2n) is 6.86.